The van der Waals surface area contributed by atoms with Gasteiger partial charge in [-0.25, -0.2) is 0 Å². The molecule has 4 aromatic heterocycles. The standard InChI is InChI=1S/C64H36N6/c65-37-41-32-58(70-54-26-14-12-24-48(54)50-34-62-52(36-60(50)70)64-46-22-10-8-16-40(46)28-30-56(64)68(62)44-19-5-2-6-20-44)42(38-66)31-57(41)69-53-25-13-11-23-47(53)49-33-61-51(35-59(49)69)63-45-21-9-7-15-39(45)27-29-55(63)67(61)43-17-3-1-4-18-43/h1-36H. The summed E-state index contributed by atoms with van der Waals surface area (Å²) in [5.41, 5.74) is 12.7. The second kappa shape index (κ2) is 14.3. The van der Waals surface area contributed by atoms with E-state index >= 15 is 0 Å². The van der Waals surface area contributed by atoms with Gasteiger partial charge in [0.25, 0.3) is 0 Å². The van der Waals surface area contributed by atoms with Crippen molar-refractivity contribution in [1.29, 1.82) is 10.5 Å². The van der Waals surface area contributed by atoms with Crippen LogP contribution in [-0.2, 0) is 0 Å². The lowest BCUT2D eigenvalue weighted by Crippen LogP contribution is -2.04. The Bertz CT molecular complexity index is 4530. The van der Waals surface area contributed by atoms with Crippen LogP contribution in [0.25, 0.3) is 132 Å². The number of benzene rings is 11. The van der Waals surface area contributed by atoms with Gasteiger partial charge in [0.2, 0.25) is 0 Å². The molecule has 6 heteroatoms. The largest absolute Gasteiger partial charge is 0.309 e. The Labute approximate surface area is 400 Å². The highest BCUT2D eigenvalue weighted by Crippen LogP contribution is 2.45. The third-order valence-corrected chi connectivity index (χ3v) is 14.8. The number of rotatable bonds is 4. The summed E-state index contributed by atoms with van der Waals surface area (Å²) >= 11 is 0. The molecule has 0 radical (unpaired) electrons. The molecule has 11 aromatic carbocycles. The molecule has 0 atom stereocenters. The summed E-state index contributed by atoms with van der Waals surface area (Å²) in [6.07, 6.45) is 0. The minimum absolute atomic E-state index is 0.465. The molecule has 0 N–H and O–H groups in total. The van der Waals surface area contributed by atoms with E-state index in [9.17, 15) is 10.5 Å². The predicted molar refractivity (Wildman–Crippen MR) is 288 cm³/mol. The first-order valence-electron chi connectivity index (χ1n) is 23.5. The molecular weight excluding hydrogens is 853 g/mol. The van der Waals surface area contributed by atoms with Crippen molar-refractivity contribution in [2.24, 2.45) is 0 Å². The van der Waals surface area contributed by atoms with Crippen LogP contribution >= 0.6 is 0 Å². The summed E-state index contributed by atoms with van der Waals surface area (Å²) in [7, 11) is 0. The molecule has 15 aromatic rings. The molecule has 0 aliphatic heterocycles. The number of para-hydroxylation sites is 4. The first-order chi connectivity index (χ1) is 34.7. The average molecular weight is 889 g/mol. The number of fused-ring (bicyclic) bond motifs is 16. The van der Waals surface area contributed by atoms with E-state index in [1.165, 1.54) is 32.3 Å². The van der Waals surface area contributed by atoms with E-state index in [1.54, 1.807) is 0 Å². The van der Waals surface area contributed by atoms with Gasteiger partial charge in [0.15, 0.2) is 0 Å². The molecule has 6 nitrogen and oxygen atoms in total. The highest BCUT2D eigenvalue weighted by Gasteiger charge is 2.25. The first kappa shape index (κ1) is 38.2. The fraction of sp³-hybridized carbons (Fsp3) is 0. The van der Waals surface area contributed by atoms with Crippen LogP contribution in [0.4, 0.5) is 0 Å². The maximum atomic E-state index is 11.3. The zero-order valence-electron chi connectivity index (χ0n) is 37.5. The van der Waals surface area contributed by atoms with E-state index < -0.39 is 0 Å². The number of nitrogens with zero attached hydrogens (tertiary/aromatic N) is 6. The quantitative estimate of drug-likeness (QED) is 0.177. The fourth-order valence-electron chi connectivity index (χ4n) is 11.9. The second-order valence-electron chi connectivity index (χ2n) is 18.3. The van der Waals surface area contributed by atoms with Crippen molar-refractivity contribution in [1.82, 2.24) is 18.3 Å². The SMILES string of the molecule is N#Cc1cc(-n2c3ccccc3c3cc4c(cc32)c2c3ccccc3ccc2n4-c2ccccc2)c(C#N)cc1-n1c2ccccc2c2cc3c(cc21)c1c2ccccc2ccc1n3-c1ccccc1. The molecule has 70 heavy (non-hydrogen) atoms. The van der Waals surface area contributed by atoms with Crippen LogP contribution in [0.15, 0.2) is 218 Å². The van der Waals surface area contributed by atoms with Gasteiger partial charge in [-0.1, -0.05) is 133 Å². The van der Waals surface area contributed by atoms with Crippen LogP contribution < -0.4 is 0 Å². The van der Waals surface area contributed by atoms with Crippen molar-refractivity contribution in [2.45, 2.75) is 0 Å². The molecule has 4 heterocycles. The zero-order valence-corrected chi connectivity index (χ0v) is 37.5. The van der Waals surface area contributed by atoms with Crippen molar-refractivity contribution >= 4 is 109 Å². The van der Waals surface area contributed by atoms with Crippen LogP contribution in [0.1, 0.15) is 11.1 Å². The van der Waals surface area contributed by atoms with Gasteiger partial charge in [-0.15, -0.1) is 0 Å². The first-order valence-corrected chi connectivity index (χ1v) is 23.5. The number of aromatic nitrogens is 4. The molecule has 0 fully saturated rings. The molecule has 0 amide bonds. The van der Waals surface area contributed by atoms with E-state index in [-0.39, 0.29) is 0 Å². The van der Waals surface area contributed by atoms with Gasteiger partial charge in [0.05, 0.1) is 66.6 Å². The second-order valence-corrected chi connectivity index (χ2v) is 18.3. The lowest BCUT2D eigenvalue weighted by Gasteiger charge is -2.16. The third-order valence-electron chi connectivity index (χ3n) is 14.8. The summed E-state index contributed by atoms with van der Waals surface area (Å²) in [5.74, 6) is 0. The molecule has 0 aliphatic rings. The van der Waals surface area contributed by atoms with Gasteiger partial charge in [0, 0.05) is 54.5 Å². The van der Waals surface area contributed by atoms with Crippen molar-refractivity contribution in [3.63, 3.8) is 0 Å². The topological polar surface area (TPSA) is 67.3 Å². The molecule has 0 saturated carbocycles. The summed E-state index contributed by atoms with van der Waals surface area (Å²) < 4.78 is 9.13. The van der Waals surface area contributed by atoms with E-state index in [2.05, 4.69) is 225 Å². The molecule has 0 unspecified atom stereocenters. The van der Waals surface area contributed by atoms with Gasteiger partial charge in [-0.3, -0.25) is 0 Å². The molecule has 0 saturated heterocycles. The van der Waals surface area contributed by atoms with Gasteiger partial charge in [-0.2, -0.15) is 10.5 Å². The Morgan fingerprint density at radius 1 is 0.257 bits per heavy atom. The van der Waals surface area contributed by atoms with Crippen LogP contribution in [0.5, 0.6) is 0 Å². The fourth-order valence-corrected chi connectivity index (χ4v) is 11.9. The summed E-state index contributed by atoms with van der Waals surface area (Å²) in [6, 6.07) is 82.3. The van der Waals surface area contributed by atoms with Crippen LogP contribution in [0, 0.1) is 22.7 Å². The average Bonchev–Trinajstić information content (AvgIpc) is 4.14. The van der Waals surface area contributed by atoms with Crippen molar-refractivity contribution in [3.8, 4) is 34.9 Å². The van der Waals surface area contributed by atoms with Crippen LogP contribution in [0.3, 0.4) is 0 Å². The van der Waals surface area contributed by atoms with Crippen LogP contribution in [0.2, 0.25) is 0 Å². The van der Waals surface area contributed by atoms with E-state index in [1.807, 2.05) is 24.3 Å². The Morgan fingerprint density at radius 2 is 0.614 bits per heavy atom. The molecule has 322 valence electrons. The van der Waals surface area contributed by atoms with Crippen molar-refractivity contribution < 1.29 is 0 Å². The normalized spacial score (nSPS) is 12.0. The number of hydrogen-bond acceptors (Lipinski definition) is 2. The van der Waals surface area contributed by atoms with E-state index in [0.29, 0.717) is 22.5 Å². The van der Waals surface area contributed by atoms with Gasteiger partial charge < -0.3 is 18.3 Å². The smallest absolute Gasteiger partial charge is 0.101 e. The highest BCUT2D eigenvalue weighted by molar-refractivity contribution is 6.27. The molecule has 15 rings (SSSR count). The van der Waals surface area contributed by atoms with Gasteiger partial charge >= 0.3 is 0 Å². The van der Waals surface area contributed by atoms with E-state index in [4.69, 9.17) is 0 Å². The Morgan fingerprint density at radius 3 is 1.04 bits per heavy atom. The predicted octanol–water partition coefficient (Wildman–Crippen LogP) is 16.1. The molecular formula is C64H36N6. The maximum absolute atomic E-state index is 11.3. The number of hydrogen-bond donors (Lipinski definition) is 0. The van der Waals surface area contributed by atoms with Crippen molar-refractivity contribution in [2.75, 3.05) is 0 Å². The maximum Gasteiger partial charge on any atom is 0.101 e. The Kier molecular flexibility index (Phi) is 7.82. The molecule has 0 aliphatic carbocycles. The lowest BCUT2D eigenvalue weighted by molar-refractivity contribution is 1.12. The minimum Gasteiger partial charge on any atom is -0.309 e. The highest BCUT2D eigenvalue weighted by atomic mass is 15.0. The lowest BCUT2D eigenvalue weighted by atomic mass is 10.0. The van der Waals surface area contributed by atoms with Crippen molar-refractivity contribution in [3.05, 3.63) is 230 Å². The van der Waals surface area contributed by atoms with Gasteiger partial charge in [-0.05, 0) is 106 Å². The zero-order chi connectivity index (χ0) is 46.2. The summed E-state index contributed by atoms with van der Waals surface area (Å²) in [4.78, 5) is 0. The molecule has 0 bridgehead atoms. The number of nitriles is 2. The summed E-state index contributed by atoms with van der Waals surface area (Å²) in [6.45, 7) is 0. The Balaban J connectivity index is 1.03. The van der Waals surface area contributed by atoms with Crippen LogP contribution in [-0.4, -0.2) is 18.3 Å². The monoisotopic (exact) mass is 888 g/mol. The van der Waals surface area contributed by atoms with E-state index in [0.717, 1.165) is 87.8 Å². The van der Waals surface area contributed by atoms with Gasteiger partial charge in [0.1, 0.15) is 12.1 Å². The summed E-state index contributed by atoms with van der Waals surface area (Å²) in [5, 5.41) is 36.2. The Hall–Kier alpha value is -9.88. The molecule has 0 spiro atoms. The third kappa shape index (κ3) is 5.14. The minimum atomic E-state index is 0.465.